The number of hydrogen-bond donors (Lipinski definition) is 2. The van der Waals surface area contributed by atoms with Crippen molar-refractivity contribution in [2.75, 3.05) is 13.2 Å². The molecule has 20 heteroatoms. The lowest BCUT2D eigenvalue weighted by Gasteiger charge is -2.67. The van der Waals surface area contributed by atoms with Gasteiger partial charge in [0.25, 0.3) is 0 Å². The number of rotatable bonds is 8. The van der Waals surface area contributed by atoms with Crippen LogP contribution in [0.4, 0.5) is 0 Å². The monoisotopic (exact) mass is 883 g/mol. The molecule has 4 bridgehead atoms. The van der Waals surface area contributed by atoms with Gasteiger partial charge in [-0.3, -0.25) is 29.0 Å². The number of ether oxygens (including phenoxy) is 9. The number of benzene rings is 1. The van der Waals surface area contributed by atoms with Crippen LogP contribution in [0, 0.1) is 11.3 Å². The van der Waals surface area contributed by atoms with Crippen LogP contribution in [0.15, 0.2) is 48.7 Å². The van der Waals surface area contributed by atoms with E-state index < -0.39 is 138 Å². The zero-order valence-electron chi connectivity index (χ0n) is 35.8. The molecule has 2 aromatic rings. The van der Waals surface area contributed by atoms with Gasteiger partial charge in [0.15, 0.2) is 35.6 Å². The molecule has 3 fully saturated rings. The highest BCUT2D eigenvalue weighted by Crippen LogP contribution is 2.70. The molecule has 6 rings (SSSR count). The first-order chi connectivity index (χ1) is 29.4. The quantitative estimate of drug-likeness (QED) is 0.279. The number of esters is 8. The van der Waals surface area contributed by atoms with Crippen LogP contribution in [0.1, 0.15) is 88.2 Å². The third-order valence-electron chi connectivity index (χ3n) is 12.2. The zero-order valence-corrected chi connectivity index (χ0v) is 35.8. The zero-order chi connectivity index (χ0) is 46.4. The number of cyclic esters (lactones) is 1. The van der Waals surface area contributed by atoms with Gasteiger partial charge in [-0.1, -0.05) is 18.2 Å². The molecule has 4 aliphatic rings. The van der Waals surface area contributed by atoms with E-state index in [1.54, 1.807) is 6.07 Å². The molecule has 340 valence electrons. The molecule has 2 N–H and O–H groups in total. The van der Waals surface area contributed by atoms with Crippen molar-refractivity contribution < 1.29 is 91.2 Å². The van der Waals surface area contributed by atoms with E-state index in [1.807, 2.05) is 0 Å². The van der Waals surface area contributed by atoms with Gasteiger partial charge in [0, 0.05) is 40.8 Å². The average Bonchev–Trinajstić information content (AvgIpc) is 3.42. The molecule has 1 saturated heterocycles. The second kappa shape index (κ2) is 16.9. The first kappa shape index (κ1) is 46.5. The average molecular weight is 884 g/mol. The molecule has 20 nitrogen and oxygen atoms in total. The largest absolute Gasteiger partial charge is 0.465 e. The number of nitrogens with zero attached hydrogens (tertiary/aromatic N) is 1. The smallest absolute Gasteiger partial charge is 0.340 e. The Balaban J connectivity index is 1.79. The van der Waals surface area contributed by atoms with Gasteiger partial charge in [-0.25, -0.2) is 14.4 Å². The highest BCUT2D eigenvalue weighted by Gasteiger charge is 2.92. The van der Waals surface area contributed by atoms with Crippen molar-refractivity contribution in [1.82, 2.24) is 4.98 Å². The van der Waals surface area contributed by atoms with E-state index in [1.165, 1.54) is 49.5 Å². The third-order valence-corrected chi connectivity index (χ3v) is 12.2. The van der Waals surface area contributed by atoms with Crippen molar-refractivity contribution >= 4 is 47.8 Å². The van der Waals surface area contributed by atoms with Crippen molar-refractivity contribution in [1.29, 1.82) is 0 Å². The summed E-state index contributed by atoms with van der Waals surface area (Å²) in [4.78, 5) is 113. The fourth-order valence-electron chi connectivity index (χ4n) is 9.73. The lowest BCUT2D eigenvalue weighted by molar-refractivity contribution is -0.386. The summed E-state index contributed by atoms with van der Waals surface area (Å²) in [7, 11) is 0. The first-order valence-electron chi connectivity index (χ1n) is 20.0. The van der Waals surface area contributed by atoms with Crippen molar-refractivity contribution in [2.24, 2.45) is 11.3 Å². The Labute approximate surface area is 360 Å². The van der Waals surface area contributed by atoms with Crippen LogP contribution < -0.4 is 0 Å². The first-order valence-corrected chi connectivity index (χ1v) is 20.0. The van der Waals surface area contributed by atoms with E-state index in [-0.39, 0.29) is 23.2 Å². The maximum atomic E-state index is 14.5. The number of aromatic nitrogens is 1. The minimum Gasteiger partial charge on any atom is -0.465 e. The van der Waals surface area contributed by atoms with Gasteiger partial charge in [0.1, 0.15) is 42.0 Å². The summed E-state index contributed by atoms with van der Waals surface area (Å²) in [5.41, 5.74) is -13.3. The van der Waals surface area contributed by atoms with Gasteiger partial charge in [-0.2, -0.15) is 0 Å². The van der Waals surface area contributed by atoms with E-state index in [4.69, 9.17) is 42.6 Å². The van der Waals surface area contributed by atoms with Crippen LogP contribution >= 0.6 is 0 Å². The highest BCUT2D eigenvalue weighted by atomic mass is 16.7. The van der Waals surface area contributed by atoms with E-state index >= 15 is 0 Å². The minimum atomic E-state index is -2.98. The normalized spacial score (nSPS) is 35.8. The molecule has 3 heterocycles. The summed E-state index contributed by atoms with van der Waals surface area (Å²) in [6.45, 7) is 6.37. The summed E-state index contributed by atoms with van der Waals surface area (Å²) in [6.07, 6.45) is -12.0. The third kappa shape index (κ3) is 7.99. The number of pyridine rings is 1. The Kier molecular flexibility index (Phi) is 12.5. The van der Waals surface area contributed by atoms with Gasteiger partial charge in [0.05, 0.1) is 22.7 Å². The summed E-state index contributed by atoms with van der Waals surface area (Å²) in [5, 5.41) is 25.4. The number of aryl methyl sites for hydroxylation is 1. The molecule has 1 aromatic heterocycles. The van der Waals surface area contributed by atoms with Gasteiger partial charge >= 0.3 is 47.8 Å². The number of aliphatic hydroxyl groups is 2. The van der Waals surface area contributed by atoms with Crippen molar-refractivity contribution in [2.45, 2.75) is 127 Å². The fraction of sp³-hybridized carbons (Fsp3) is 0.558. The predicted octanol–water partition coefficient (Wildman–Crippen LogP) is 1.27. The lowest BCUT2D eigenvalue weighted by atomic mass is 9.45. The Morgan fingerprint density at radius 3 is 1.92 bits per heavy atom. The van der Waals surface area contributed by atoms with Crippen LogP contribution in [-0.4, -0.2) is 135 Å². The number of carbonyl (C=O) groups is 8. The highest BCUT2D eigenvalue weighted by molar-refractivity contribution is 5.91. The van der Waals surface area contributed by atoms with Crippen molar-refractivity contribution in [3.8, 4) is 0 Å². The molecule has 0 unspecified atom stereocenters. The van der Waals surface area contributed by atoms with Gasteiger partial charge < -0.3 is 52.8 Å². The summed E-state index contributed by atoms with van der Waals surface area (Å²) in [5.74, 6) is -10.5. The van der Waals surface area contributed by atoms with Gasteiger partial charge in [-0.15, -0.1) is 0 Å². The Morgan fingerprint density at radius 1 is 0.746 bits per heavy atom. The summed E-state index contributed by atoms with van der Waals surface area (Å²) < 4.78 is 54.9. The molecular formula is C43H49NO19. The molecule has 0 radical (unpaired) electrons. The number of hydrogen-bond acceptors (Lipinski definition) is 20. The van der Waals surface area contributed by atoms with E-state index in [0.717, 1.165) is 48.5 Å². The van der Waals surface area contributed by atoms with E-state index in [9.17, 15) is 48.6 Å². The van der Waals surface area contributed by atoms with E-state index in [0.29, 0.717) is 0 Å². The van der Waals surface area contributed by atoms with Gasteiger partial charge in [0.2, 0.25) is 0 Å². The molecule has 1 spiro atoms. The molecule has 12 atom stereocenters. The Bertz CT molecular complexity index is 2190. The Morgan fingerprint density at radius 2 is 1.33 bits per heavy atom. The molecule has 2 aliphatic heterocycles. The molecule has 2 saturated carbocycles. The van der Waals surface area contributed by atoms with Crippen LogP contribution in [-0.2, 0) is 77.8 Å². The number of fused-ring (bicyclic) bond motifs is 5. The predicted molar refractivity (Wildman–Crippen MR) is 207 cm³/mol. The van der Waals surface area contributed by atoms with Crippen LogP contribution in [0.2, 0.25) is 0 Å². The molecule has 2 aliphatic carbocycles. The standard InChI is InChI=1S/C43H49NO19/c1-21(45)55-20-42-34(59-24(4)48)30(57-22(2)46)29-32(58-23(3)47)43(42)41(8,54)33(31(35(42)60-25(5)49)61-36(50)26-13-10-9-11-14-26)62-38(52)39(6,53)17-16-28-27(15-12-18-44-28)37(51)56-19-40(29,7)63-43/h9-15,18,29-35,53-54H,16-17,19-20H2,1-8H3/t29-,30+,31-,32+,33-,34+,35-,39+,40+,41-,42+,43-/m0/s1. The van der Waals surface area contributed by atoms with Crippen LogP contribution in [0.25, 0.3) is 0 Å². The molecular weight excluding hydrogens is 834 g/mol. The molecule has 1 aromatic carbocycles. The maximum Gasteiger partial charge on any atom is 0.340 e. The molecule has 0 amide bonds. The maximum absolute atomic E-state index is 14.5. The van der Waals surface area contributed by atoms with Crippen LogP contribution in [0.5, 0.6) is 0 Å². The van der Waals surface area contributed by atoms with Crippen LogP contribution in [0.3, 0.4) is 0 Å². The van der Waals surface area contributed by atoms with Gasteiger partial charge in [-0.05, 0) is 57.9 Å². The fourth-order valence-corrected chi connectivity index (χ4v) is 9.73. The van der Waals surface area contributed by atoms with Crippen molar-refractivity contribution in [3.05, 3.63) is 65.5 Å². The minimum absolute atomic E-state index is 0.0847. The Hall–Kier alpha value is -5.99. The topological polar surface area (TPSA) is 273 Å². The summed E-state index contributed by atoms with van der Waals surface area (Å²) >= 11 is 0. The molecule has 63 heavy (non-hydrogen) atoms. The van der Waals surface area contributed by atoms with Crippen molar-refractivity contribution in [3.63, 3.8) is 0 Å². The van der Waals surface area contributed by atoms with E-state index in [2.05, 4.69) is 4.98 Å². The lowest BCUT2D eigenvalue weighted by Crippen LogP contribution is -2.89. The SMILES string of the molecule is CC(=O)OC[C@]12[C@H](OC(C)=O)[C@H](OC(C)=O)[C@H]3[C@@H](OC(C)=O)[C@@]14O[C@]3(C)COC(=O)c1cccnc1CC[C@@](C)(O)C(=O)O[C@@H]([C@H](OC(=O)c1ccccc1)[C@@H]2OC(C)=O)[C@]4(C)O. The summed E-state index contributed by atoms with van der Waals surface area (Å²) in [6, 6.07) is 10.1. The second-order valence-corrected chi connectivity index (χ2v) is 16.7. The second-order valence-electron chi connectivity index (χ2n) is 16.7. The number of carbonyl (C=O) groups excluding carboxylic acids is 8.